The number of hydrogen-bond acceptors (Lipinski definition) is 10. The van der Waals surface area contributed by atoms with E-state index in [-0.39, 0.29) is 51.8 Å². The highest BCUT2D eigenvalue weighted by atomic mass is 28.4. The topological polar surface area (TPSA) is 129 Å². The Bertz CT molecular complexity index is 2450. The van der Waals surface area contributed by atoms with Crippen molar-refractivity contribution in [1.29, 1.82) is 0 Å². The summed E-state index contributed by atoms with van der Waals surface area (Å²) >= 11 is 0. The van der Waals surface area contributed by atoms with Crippen LogP contribution in [0.15, 0.2) is 66.2 Å². The Balaban J connectivity index is 0.864. The van der Waals surface area contributed by atoms with Gasteiger partial charge in [0, 0.05) is 42.3 Å². The van der Waals surface area contributed by atoms with E-state index in [9.17, 15) is 14.4 Å². The predicted octanol–water partition coefficient (Wildman–Crippen LogP) is 9.10. The standard InChI is InChI=1S/C50H60N4O9Si/c1-9-16-60-46(57)54-37-21-42(40(59-6)19-35(37)44(56)53-28-48(14-15-48)22-38(53)45(54)63-64(7,8)47(2,3)4)62-30-50-25-49(26-50,27-50)29-61-41-20-36-34(18-39(41)58-5)43(55)52-24-32-13-11-10-12-31(32)17-33(52)23-51-36/h9-13,18-21,23,33,38,45H,1,14-17,22,24-30H2,2-8H3/t33-,38-,45-,49?,50?/m0/s1. The van der Waals surface area contributed by atoms with Gasteiger partial charge < -0.3 is 37.9 Å². The summed E-state index contributed by atoms with van der Waals surface area (Å²) in [7, 11) is 0.668. The van der Waals surface area contributed by atoms with Gasteiger partial charge in [0.2, 0.25) is 0 Å². The van der Waals surface area contributed by atoms with Crippen LogP contribution >= 0.6 is 0 Å². The summed E-state index contributed by atoms with van der Waals surface area (Å²) in [6, 6.07) is 14.9. The molecule has 4 aliphatic heterocycles. The van der Waals surface area contributed by atoms with Crippen LogP contribution in [0.3, 0.4) is 0 Å². The lowest BCUT2D eigenvalue weighted by Crippen LogP contribution is -2.66. The minimum atomic E-state index is -2.50. The maximum absolute atomic E-state index is 14.7. The molecule has 2 bridgehead atoms. The molecule has 0 radical (unpaired) electrons. The van der Waals surface area contributed by atoms with Crippen LogP contribution in [-0.4, -0.2) is 101 Å². The second-order valence-corrected chi connectivity index (χ2v) is 25.9. The van der Waals surface area contributed by atoms with Crippen LogP contribution in [0.1, 0.15) is 91.1 Å². The molecule has 0 aromatic heterocycles. The van der Waals surface area contributed by atoms with Gasteiger partial charge in [0.25, 0.3) is 11.8 Å². The van der Waals surface area contributed by atoms with Crippen LogP contribution < -0.4 is 23.8 Å². The highest BCUT2D eigenvalue weighted by Crippen LogP contribution is 2.73. The molecule has 14 heteroatoms. The van der Waals surface area contributed by atoms with Gasteiger partial charge in [-0.3, -0.25) is 14.6 Å². The minimum Gasteiger partial charge on any atom is -0.493 e. The van der Waals surface area contributed by atoms with E-state index in [1.165, 1.54) is 5.56 Å². The molecule has 4 heterocycles. The van der Waals surface area contributed by atoms with Crippen molar-refractivity contribution in [2.24, 2.45) is 21.2 Å². The lowest BCUT2D eigenvalue weighted by atomic mass is 9.35. The van der Waals surface area contributed by atoms with Crippen LogP contribution in [0.4, 0.5) is 16.2 Å². The van der Waals surface area contributed by atoms with Gasteiger partial charge in [0.1, 0.15) is 6.61 Å². The molecule has 11 rings (SSSR count). The average molecular weight is 889 g/mol. The van der Waals surface area contributed by atoms with E-state index in [0.29, 0.717) is 71.8 Å². The Morgan fingerprint density at radius 2 is 1.50 bits per heavy atom. The Morgan fingerprint density at radius 3 is 2.12 bits per heavy atom. The van der Waals surface area contributed by atoms with Gasteiger partial charge in [-0.25, -0.2) is 9.69 Å². The van der Waals surface area contributed by atoms with E-state index in [1.54, 1.807) is 43.4 Å². The van der Waals surface area contributed by atoms with Crippen molar-refractivity contribution in [2.45, 2.75) is 109 Å². The summed E-state index contributed by atoms with van der Waals surface area (Å²) in [5.41, 5.74) is 4.22. The number of ether oxygens (including phenoxy) is 5. The molecule has 1 spiro atoms. The molecule has 3 atom stereocenters. The van der Waals surface area contributed by atoms with Crippen LogP contribution in [-0.2, 0) is 22.1 Å². The van der Waals surface area contributed by atoms with E-state index in [4.69, 9.17) is 33.1 Å². The molecule has 0 unspecified atom stereocenters. The summed E-state index contributed by atoms with van der Waals surface area (Å²) in [4.78, 5) is 53.1. The van der Waals surface area contributed by atoms with Gasteiger partial charge in [0.05, 0.1) is 62.0 Å². The fourth-order valence-corrected chi connectivity index (χ4v) is 12.3. The quantitative estimate of drug-likeness (QED) is 0.129. The van der Waals surface area contributed by atoms with Crippen molar-refractivity contribution in [1.82, 2.24) is 9.80 Å². The van der Waals surface area contributed by atoms with Crippen LogP contribution in [0.5, 0.6) is 23.0 Å². The zero-order chi connectivity index (χ0) is 45.0. The number of aliphatic imine (C=N–C) groups is 1. The SMILES string of the molecule is C=CCOC(=O)N1c2cc(OCC34CC(COc5cc6c(cc5OC)C(=O)N5Cc7ccccc7C[C@H]5C=N6)(C3)C4)c(OC)cc2C(=O)N2CC3(CC3)C[C@H]2[C@@H]1O[Si](C)(C)C(C)(C)C. The van der Waals surface area contributed by atoms with E-state index in [1.807, 2.05) is 34.2 Å². The Labute approximate surface area is 376 Å². The molecule has 1 saturated heterocycles. The smallest absolute Gasteiger partial charge is 0.416 e. The molecule has 3 aromatic carbocycles. The maximum atomic E-state index is 14.7. The largest absolute Gasteiger partial charge is 0.493 e. The maximum Gasteiger partial charge on any atom is 0.416 e. The van der Waals surface area contributed by atoms with Crippen LogP contribution in [0, 0.1) is 16.2 Å². The molecule has 3 aromatic rings. The van der Waals surface area contributed by atoms with Crippen molar-refractivity contribution in [3.8, 4) is 23.0 Å². The Hall–Kier alpha value is -5.34. The molecule has 4 aliphatic carbocycles. The molecule has 8 aliphatic rings. The van der Waals surface area contributed by atoms with Crippen molar-refractivity contribution >= 4 is 43.8 Å². The highest BCUT2D eigenvalue weighted by Gasteiger charge is 2.68. The van der Waals surface area contributed by atoms with Crippen molar-refractivity contribution < 1.29 is 42.5 Å². The summed E-state index contributed by atoms with van der Waals surface area (Å²) in [5, 5.41) is -0.157. The number of methoxy groups -OCH3 is 2. The molecular weight excluding hydrogens is 829 g/mol. The monoisotopic (exact) mass is 888 g/mol. The summed E-state index contributed by atoms with van der Waals surface area (Å²) in [6.45, 7) is 16.7. The second kappa shape index (κ2) is 15.1. The van der Waals surface area contributed by atoms with Gasteiger partial charge in [-0.2, -0.15) is 0 Å². The number of anilines is 1. The lowest BCUT2D eigenvalue weighted by molar-refractivity contribution is -0.232. The number of nitrogens with zero attached hydrogens (tertiary/aromatic N) is 4. The number of rotatable bonds is 12. The third-order valence-corrected chi connectivity index (χ3v) is 20.1. The van der Waals surface area contributed by atoms with Crippen LogP contribution in [0.2, 0.25) is 18.1 Å². The number of amides is 3. The predicted molar refractivity (Wildman–Crippen MR) is 245 cm³/mol. The molecule has 0 N–H and O–H groups in total. The van der Waals surface area contributed by atoms with Gasteiger partial charge >= 0.3 is 6.09 Å². The number of carbonyl (C=O) groups excluding carboxylic acids is 3. The van der Waals surface area contributed by atoms with Gasteiger partial charge in [-0.05, 0) is 91.8 Å². The summed E-state index contributed by atoms with van der Waals surface area (Å²) in [5.74, 6) is 1.72. The lowest BCUT2D eigenvalue weighted by Gasteiger charge is -2.70. The fourth-order valence-electron chi connectivity index (χ4n) is 11.1. The summed E-state index contributed by atoms with van der Waals surface area (Å²) in [6.07, 6.45) is 8.39. The molecule has 338 valence electrons. The second-order valence-electron chi connectivity index (χ2n) is 21.1. The Morgan fingerprint density at radius 1 is 0.875 bits per heavy atom. The van der Waals surface area contributed by atoms with Gasteiger partial charge in [0.15, 0.2) is 37.5 Å². The zero-order valence-electron chi connectivity index (χ0n) is 38.2. The molecule has 13 nitrogen and oxygen atoms in total. The van der Waals surface area contributed by atoms with E-state index < -0.39 is 20.6 Å². The molecule has 64 heavy (non-hydrogen) atoms. The normalized spacial score (nSPS) is 26.8. The molecular formula is C50H60N4O9Si. The van der Waals surface area contributed by atoms with Crippen molar-refractivity contribution in [2.75, 3.05) is 45.5 Å². The third-order valence-electron chi connectivity index (χ3n) is 15.6. The molecule has 3 amide bonds. The van der Waals surface area contributed by atoms with Gasteiger partial charge in [-0.1, -0.05) is 57.7 Å². The van der Waals surface area contributed by atoms with Crippen molar-refractivity contribution in [3.63, 3.8) is 0 Å². The molecule has 4 saturated carbocycles. The first kappa shape index (κ1) is 42.6. The fraction of sp³-hybridized carbons (Fsp3) is 0.520. The van der Waals surface area contributed by atoms with E-state index >= 15 is 0 Å². The first-order chi connectivity index (χ1) is 30.5. The zero-order valence-corrected chi connectivity index (χ0v) is 39.2. The minimum absolute atomic E-state index is 0.0118. The third kappa shape index (κ3) is 7.06. The highest BCUT2D eigenvalue weighted by molar-refractivity contribution is 6.74. The van der Waals surface area contributed by atoms with E-state index in [0.717, 1.165) is 50.5 Å². The van der Waals surface area contributed by atoms with E-state index in [2.05, 4.69) is 52.6 Å². The molecule has 5 fully saturated rings. The average Bonchev–Trinajstić information content (AvgIpc) is 3.94. The van der Waals surface area contributed by atoms with Crippen LogP contribution in [0.25, 0.3) is 0 Å². The number of carbonyl (C=O) groups is 3. The Kier molecular flexibility index (Phi) is 10.1. The first-order valence-electron chi connectivity index (χ1n) is 22.7. The van der Waals surface area contributed by atoms with Crippen molar-refractivity contribution in [3.05, 3.63) is 83.4 Å². The number of hydrogen-bond donors (Lipinski definition) is 0. The number of fused-ring (bicyclic) bond motifs is 5. The summed E-state index contributed by atoms with van der Waals surface area (Å²) < 4.78 is 37.8. The number of benzene rings is 3. The van der Waals surface area contributed by atoms with Gasteiger partial charge in [-0.15, -0.1) is 0 Å². The first-order valence-corrected chi connectivity index (χ1v) is 25.6.